The summed E-state index contributed by atoms with van der Waals surface area (Å²) in [4.78, 5) is 45.7. The standard InChI is InChI=1S/C17H16N6O.C16H14N6O.CH4/c1-11-8-19-23(9-11)17-20-15(18)13-7-14(24)22(16(13)21-17)10-12-5-3-2-4-6-12;17-14-12-9-13(23)21(10-11-5-2-1-3-6-11)15(12)20-16(19-14)22-8-4-7-18-22;/h2-6,8-9H,7,10H2,1H3,(H2,18,20,21);1-8H,9-10H2,(H2,17,19,20);1H4. The molecule has 14 heteroatoms. The second-order valence-corrected chi connectivity index (χ2v) is 11.1. The Bertz CT molecular complexity index is 2080. The number of hydrogen-bond donors (Lipinski definition) is 2. The summed E-state index contributed by atoms with van der Waals surface area (Å²) in [6, 6.07) is 21.4. The minimum atomic E-state index is -0.0255. The van der Waals surface area contributed by atoms with Crippen molar-refractivity contribution < 1.29 is 9.59 Å². The summed E-state index contributed by atoms with van der Waals surface area (Å²) in [5, 5.41) is 8.33. The normalized spacial score (nSPS) is 13.1. The Balaban J connectivity index is 0.000000164. The van der Waals surface area contributed by atoms with Crippen LogP contribution < -0.4 is 21.3 Å². The summed E-state index contributed by atoms with van der Waals surface area (Å²) in [7, 11) is 0. The van der Waals surface area contributed by atoms with Gasteiger partial charge in [0, 0.05) is 29.7 Å². The van der Waals surface area contributed by atoms with Crippen molar-refractivity contribution in [3.8, 4) is 11.9 Å². The number of aromatic nitrogens is 8. The average molecular weight is 643 g/mol. The van der Waals surface area contributed by atoms with Crippen LogP contribution in [-0.2, 0) is 35.5 Å². The number of carbonyl (C=O) groups is 2. The summed E-state index contributed by atoms with van der Waals surface area (Å²) < 4.78 is 3.09. The Morgan fingerprint density at radius 3 is 1.60 bits per heavy atom. The van der Waals surface area contributed by atoms with Crippen molar-refractivity contribution in [2.24, 2.45) is 0 Å². The van der Waals surface area contributed by atoms with Gasteiger partial charge >= 0.3 is 0 Å². The number of anilines is 4. The van der Waals surface area contributed by atoms with E-state index < -0.39 is 0 Å². The monoisotopic (exact) mass is 642 g/mol. The Morgan fingerprint density at radius 1 is 0.667 bits per heavy atom. The molecule has 0 bridgehead atoms. The van der Waals surface area contributed by atoms with E-state index in [1.165, 1.54) is 4.68 Å². The predicted molar refractivity (Wildman–Crippen MR) is 181 cm³/mol. The first kappa shape index (κ1) is 31.5. The molecule has 14 nitrogen and oxygen atoms in total. The highest BCUT2D eigenvalue weighted by atomic mass is 16.2. The van der Waals surface area contributed by atoms with Gasteiger partial charge in [0.1, 0.15) is 23.3 Å². The van der Waals surface area contributed by atoms with E-state index in [-0.39, 0.29) is 32.1 Å². The van der Waals surface area contributed by atoms with Crippen molar-refractivity contribution in [1.29, 1.82) is 0 Å². The second-order valence-electron chi connectivity index (χ2n) is 11.1. The van der Waals surface area contributed by atoms with E-state index in [1.54, 1.807) is 39.1 Å². The van der Waals surface area contributed by atoms with Crippen molar-refractivity contribution in [2.75, 3.05) is 21.3 Å². The quantitative estimate of drug-likeness (QED) is 0.272. The maximum atomic E-state index is 12.4. The second kappa shape index (κ2) is 13.1. The third-order valence-corrected chi connectivity index (χ3v) is 7.77. The van der Waals surface area contributed by atoms with Crippen LogP contribution in [0.1, 0.15) is 35.2 Å². The fraction of sp³-hybridized carbons (Fsp3) is 0.176. The SMILES string of the molecule is C.Cc1cnn(-c2nc(N)c3c(n2)N(Cc2ccccc2)C(=O)C3)c1.Nc1nc(-n2cccn2)nc2c1CC(=O)N2Cc1ccccc1. The third kappa shape index (κ3) is 6.18. The van der Waals surface area contributed by atoms with Gasteiger partial charge in [-0.2, -0.15) is 30.1 Å². The van der Waals surface area contributed by atoms with E-state index >= 15 is 0 Å². The van der Waals surface area contributed by atoms with Crippen LogP contribution in [0.2, 0.25) is 0 Å². The third-order valence-electron chi connectivity index (χ3n) is 7.77. The van der Waals surface area contributed by atoms with E-state index in [1.807, 2.05) is 73.8 Å². The van der Waals surface area contributed by atoms with Gasteiger partial charge in [-0.05, 0) is 29.7 Å². The smallest absolute Gasteiger partial charge is 0.254 e. The van der Waals surface area contributed by atoms with Crippen molar-refractivity contribution in [3.05, 3.63) is 119 Å². The summed E-state index contributed by atoms with van der Waals surface area (Å²) in [5.74, 6) is 2.46. The highest BCUT2D eigenvalue weighted by Crippen LogP contribution is 2.33. The number of nitrogens with zero attached hydrogens (tertiary/aromatic N) is 10. The lowest BCUT2D eigenvalue weighted by Crippen LogP contribution is -2.26. The van der Waals surface area contributed by atoms with E-state index in [0.717, 1.165) is 16.7 Å². The van der Waals surface area contributed by atoms with Crippen LogP contribution in [0, 0.1) is 6.92 Å². The summed E-state index contributed by atoms with van der Waals surface area (Å²) in [5.41, 5.74) is 16.5. The first-order chi connectivity index (χ1) is 22.8. The lowest BCUT2D eigenvalue weighted by atomic mass is 10.2. The fourth-order valence-electron chi connectivity index (χ4n) is 5.44. The molecule has 0 unspecified atom stereocenters. The van der Waals surface area contributed by atoms with Gasteiger partial charge in [-0.15, -0.1) is 0 Å². The van der Waals surface area contributed by atoms with Gasteiger partial charge in [0.25, 0.3) is 11.9 Å². The number of hydrogen-bond acceptors (Lipinski definition) is 10. The largest absolute Gasteiger partial charge is 0.383 e. The molecule has 0 saturated carbocycles. The number of nitrogen functional groups attached to an aromatic ring is 2. The van der Waals surface area contributed by atoms with Gasteiger partial charge in [-0.25, -0.2) is 9.36 Å². The zero-order chi connectivity index (χ0) is 32.5. The van der Waals surface area contributed by atoms with Gasteiger partial charge < -0.3 is 11.5 Å². The topological polar surface area (TPSA) is 180 Å². The molecule has 0 radical (unpaired) electrons. The van der Waals surface area contributed by atoms with Crippen molar-refractivity contribution in [1.82, 2.24) is 39.5 Å². The Morgan fingerprint density at radius 2 is 1.17 bits per heavy atom. The molecule has 4 aromatic heterocycles. The fourth-order valence-corrected chi connectivity index (χ4v) is 5.44. The van der Waals surface area contributed by atoms with Gasteiger partial charge in [0.2, 0.25) is 11.8 Å². The maximum absolute atomic E-state index is 12.4. The van der Waals surface area contributed by atoms with Crippen molar-refractivity contribution >= 4 is 35.1 Å². The van der Waals surface area contributed by atoms with Gasteiger partial charge in [0.15, 0.2) is 0 Å². The Labute approximate surface area is 276 Å². The number of carbonyl (C=O) groups excluding carboxylic acids is 2. The molecule has 242 valence electrons. The number of amides is 2. The van der Waals surface area contributed by atoms with Gasteiger partial charge in [-0.3, -0.25) is 19.4 Å². The molecule has 0 aliphatic carbocycles. The average Bonchev–Trinajstić information content (AvgIpc) is 3.88. The molecular formula is C34H34N12O2. The molecule has 2 aliphatic rings. The number of nitrogens with two attached hydrogens (primary N) is 2. The first-order valence-electron chi connectivity index (χ1n) is 14.9. The van der Waals surface area contributed by atoms with Crippen LogP contribution in [0.3, 0.4) is 0 Å². The van der Waals surface area contributed by atoms with E-state index in [2.05, 4.69) is 30.1 Å². The first-order valence-corrected chi connectivity index (χ1v) is 14.9. The molecule has 4 N–H and O–H groups in total. The van der Waals surface area contributed by atoms with E-state index in [0.29, 0.717) is 59.4 Å². The van der Waals surface area contributed by atoms with Crippen LogP contribution in [0.4, 0.5) is 23.3 Å². The zero-order valence-electron chi connectivity index (χ0n) is 25.4. The molecule has 0 saturated heterocycles. The minimum absolute atomic E-state index is 0. The number of rotatable bonds is 6. The van der Waals surface area contributed by atoms with Crippen molar-refractivity contribution in [2.45, 2.75) is 40.3 Å². The lowest BCUT2D eigenvalue weighted by molar-refractivity contribution is -0.118. The summed E-state index contributed by atoms with van der Waals surface area (Å²) >= 11 is 0. The molecule has 2 amide bonds. The van der Waals surface area contributed by atoms with E-state index in [4.69, 9.17) is 11.5 Å². The molecule has 2 aromatic carbocycles. The molecule has 0 fully saturated rings. The molecule has 8 rings (SSSR count). The highest BCUT2D eigenvalue weighted by Gasteiger charge is 2.33. The van der Waals surface area contributed by atoms with Gasteiger partial charge in [-0.1, -0.05) is 68.1 Å². The maximum Gasteiger partial charge on any atom is 0.254 e. The number of fused-ring (bicyclic) bond motifs is 2. The van der Waals surface area contributed by atoms with Crippen molar-refractivity contribution in [3.63, 3.8) is 0 Å². The predicted octanol–water partition coefficient (Wildman–Crippen LogP) is 3.61. The number of aryl methyl sites for hydroxylation is 1. The van der Waals surface area contributed by atoms with Crippen LogP contribution in [0.25, 0.3) is 11.9 Å². The van der Waals surface area contributed by atoms with Crippen LogP contribution in [0.5, 0.6) is 0 Å². The summed E-state index contributed by atoms with van der Waals surface area (Å²) in [6.45, 7) is 2.85. The summed E-state index contributed by atoms with van der Waals surface area (Å²) in [6.07, 6.45) is 7.37. The Kier molecular flexibility index (Phi) is 8.62. The minimum Gasteiger partial charge on any atom is -0.383 e. The van der Waals surface area contributed by atoms with E-state index in [9.17, 15) is 9.59 Å². The lowest BCUT2D eigenvalue weighted by Gasteiger charge is -2.17. The molecular weight excluding hydrogens is 608 g/mol. The molecule has 6 aromatic rings. The van der Waals surface area contributed by atoms with Crippen LogP contribution in [-0.4, -0.2) is 51.3 Å². The molecule has 48 heavy (non-hydrogen) atoms. The molecule has 6 heterocycles. The van der Waals surface area contributed by atoms with Gasteiger partial charge in [0.05, 0.1) is 32.1 Å². The number of benzene rings is 2. The van der Waals surface area contributed by atoms with Crippen LogP contribution >= 0.6 is 0 Å². The highest BCUT2D eigenvalue weighted by molar-refractivity contribution is 6.02. The van der Waals surface area contributed by atoms with Crippen LogP contribution in [0.15, 0.2) is 91.5 Å². The molecule has 2 aliphatic heterocycles. The molecule has 0 atom stereocenters. The molecule has 0 spiro atoms. The zero-order valence-corrected chi connectivity index (χ0v) is 25.4. The Hall–Kier alpha value is -6.44.